The van der Waals surface area contributed by atoms with Crippen molar-refractivity contribution in [2.75, 3.05) is 13.1 Å². The number of benzene rings is 1. The van der Waals surface area contributed by atoms with Crippen LogP contribution in [0.25, 0.3) is 0 Å². The molecule has 0 saturated carbocycles. The lowest BCUT2D eigenvalue weighted by molar-refractivity contribution is 0.0710. The van der Waals surface area contributed by atoms with Gasteiger partial charge in [0.05, 0.1) is 11.2 Å². The predicted molar refractivity (Wildman–Crippen MR) is 113 cm³/mol. The lowest BCUT2D eigenvalue weighted by Gasteiger charge is -2.32. The molecule has 0 unspecified atom stereocenters. The van der Waals surface area contributed by atoms with Crippen LogP contribution >= 0.6 is 11.3 Å². The van der Waals surface area contributed by atoms with Crippen LogP contribution in [0.2, 0.25) is 0 Å². The van der Waals surface area contributed by atoms with Crippen LogP contribution in [0.3, 0.4) is 0 Å². The number of hydrogen-bond donors (Lipinski definition) is 0. The van der Waals surface area contributed by atoms with Gasteiger partial charge in [0, 0.05) is 36.8 Å². The molecular formula is C23H24FN3OS. The van der Waals surface area contributed by atoms with E-state index in [1.807, 2.05) is 36.9 Å². The number of carbonyl (C=O) groups excluding carboxylic acids is 1. The third-order valence-electron chi connectivity index (χ3n) is 5.45. The van der Waals surface area contributed by atoms with Crippen molar-refractivity contribution in [2.24, 2.45) is 0 Å². The molecule has 1 aliphatic heterocycles. The number of pyridine rings is 1. The minimum Gasteiger partial charge on any atom is -0.337 e. The summed E-state index contributed by atoms with van der Waals surface area (Å²) in [6.07, 6.45) is 2.49. The molecule has 3 aromatic rings. The number of thiazole rings is 1. The van der Waals surface area contributed by atoms with Crippen molar-refractivity contribution in [3.8, 4) is 0 Å². The number of nitrogens with zero attached hydrogens (tertiary/aromatic N) is 3. The molecule has 1 aliphatic rings. The normalized spacial score (nSPS) is 16.8. The first-order valence-electron chi connectivity index (χ1n) is 9.91. The topological polar surface area (TPSA) is 46.1 Å². The monoisotopic (exact) mass is 409 g/mol. The fourth-order valence-electron chi connectivity index (χ4n) is 3.99. The van der Waals surface area contributed by atoms with Crippen LogP contribution in [0.5, 0.6) is 0 Å². The largest absolute Gasteiger partial charge is 0.337 e. The number of halogens is 1. The highest BCUT2D eigenvalue weighted by Crippen LogP contribution is 2.29. The Balaban J connectivity index is 1.54. The Bertz CT molecular complexity index is 1030. The lowest BCUT2D eigenvalue weighted by Crippen LogP contribution is -2.39. The Morgan fingerprint density at radius 2 is 2.10 bits per heavy atom. The molecule has 3 heterocycles. The Labute approximate surface area is 174 Å². The van der Waals surface area contributed by atoms with Gasteiger partial charge in [0.25, 0.3) is 5.91 Å². The zero-order chi connectivity index (χ0) is 20.4. The van der Waals surface area contributed by atoms with E-state index < -0.39 is 0 Å². The molecule has 6 heteroatoms. The lowest BCUT2D eigenvalue weighted by atomic mass is 9.92. The smallest absolute Gasteiger partial charge is 0.265 e. The maximum Gasteiger partial charge on any atom is 0.265 e. The van der Waals surface area contributed by atoms with E-state index in [0.717, 1.165) is 46.9 Å². The van der Waals surface area contributed by atoms with E-state index in [4.69, 9.17) is 4.98 Å². The van der Waals surface area contributed by atoms with Crippen LogP contribution in [-0.2, 0) is 6.42 Å². The van der Waals surface area contributed by atoms with Crippen LogP contribution in [-0.4, -0.2) is 33.9 Å². The third kappa shape index (κ3) is 4.37. The first kappa shape index (κ1) is 19.7. The predicted octanol–water partition coefficient (Wildman–Crippen LogP) is 4.90. The fraction of sp³-hybridized carbons (Fsp3) is 0.348. The van der Waals surface area contributed by atoms with Gasteiger partial charge in [-0.25, -0.2) is 9.37 Å². The average molecular weight is 410 g/mol. The molecule has 0 spiro atoms. The first-order valence-corrected chi connectivity index (χ1v) is 10.8. The van der Waals surface area contributed by atoms with Crippen molar-refractivity contribution in [1.82, 2.24) is 14.9 Å². The highest BCUT2D eigenvalue weighted by molar-refractivity contribution is 7.11. The second-order valence-corrected chi connectivity index (χ2v) is 8.52. The number of carbonyl (C=O) groups is 1. The molecule has 0 aliphatic carbocycles. The SMILES string of the molecule is Cc1cc(Cc2ccccc2F)cc([C@@H]2CCCN(C(=O)c3scnc3C)C2)n1. The number of hydrogen-bond acceptors (Lipinski definition) is 4. The van der Waals surface area contributed by atoms with E-state index in [0.29, 0.717) is 18.5 Å². The Hall–Kier alpha value is -2.60. The van der Waals surface area contributed by atoms with Gasteiger partial charge in [0.2, 0.25) is 0 Å². The van der Waals surface area contributed by atoms with Gasteiger partial charge in [-0.3, -0.25) is 9.78 Å². The van der Waals surface area contributed by atoms with Crippen molar-refractivity contribution in [3.05, 3.63) is 80.8 Å². The molecule has 4 nitrogen and oxygen atoms in total. The molecule has 0 N–H and O–H groups in total. The summed E-state index contributed by atoms with van der Waals surface area (Å²) < 4.78 is 14.1. The highest BCUT2D eigenvalue weighted by atomic mass is 32.1. The number of aromatic nitrogens is 2. The van der Waals surface area contributed by atoms with Gasteiger partial charge in [-0.05, 0) is 56.0 Å². The number of likely N-dealkylation sites (tertiary alicyclic amines) is 1. The van der Waals surface area contributed by atoms with Crippen molar-refractivity contribution in [2.45, 2.75) is 39.0 Å². The van der Waals surface area contributed by atoms with Crippen LogP contribution in [0.15, 0.2) is 41.9 Å². The van der Waals surface area contributed by atoms with Crippen molar-refractivity contribution in [3.63, 3.8) is 0 Å². The number of amides is 1. The van der Waals surface area contributed by atoms with Gasteiger partial charge >= 0.3 is 0 Å². The van der Waals surface area contributed by atoms with Crippen molar-refractivity contribution in [1.29, 1.82) is 0 Å². The maximum atomic E-state index is 14.1. The molecule has 4 rings (SSSR count). The van der Waals surface area contributed by atoms with Crippen LogP contribution < -0.4 is 0 Å². The molecule has 1 amide bonds. The molecule has 29 heavy (non-hydrogen) atoms. The summed E-state index contributed by atoms with van der Waals surface area (Å²) in [6, 6.07) is 11.0. The first-order chi connectivity index (χ1) is 14.0. The van der Waals surface area contributed by atoms with E-state index in [-0.39, 0.29) is 17.6 Å². The summed E-state index contributed by atoms with van der Waals surface area (Å²) in [5.41, 5.74) is 6.18. The standard InChI is InChI=1S/C23H24FN3OS/c1-15-10-17(11-18-6-3-4-8-20(18)24)12-21(26-15)19-7-5-9-27(13-19)23(28)22-16(2)25-14-29-22/h3-4,6,8,10,12,14,19H,5,7,9,11,13H2,1-2H3/t19-/m1/s1. The Kier molecular flexibility index (Phi) is 5.72. The van der Waals surface area contributed by atoms with Gasteiger partial charge in [0.1, 0.15) is 10.7 Å². The molecule has 0 radical (unpaired) electrons. The quantitative estimate of drug-likeness (QED) is 0.615. The van der Waals surface area contributed by atoms with Gasteiger partial charge in [-0.1, -0.05) is 18.2 Å². The van der Waals surface area contributed by atoms with Crippen molar-refractivity contribution < 1.29 is 9.18 Å². The zero-order valence-electron chi connectivity index (χ0n) is 16.7. The molecule has 0 bridgehead atoms. The second kappa shape index (κ2) is 8.41. The second-order valence-electron chi connectivity index (χ2n) is 7.67. The van der Waals surface area contributed by atoms with Crippen molar-refractivity contribution >= 4 is 17.2 Å². The number of piperidine rings is 1. The van der Waals surface area contributed by atoms with E-state index in [1.165, 1.54) is 17.4 Å². The average Bonchev–Trinajstić information content (AvgIpc) is 3.15. The molecule has 1 aromatic carbocycles. The Morgan fingerprint density at radius 3 is 2.86 bits per heavy atom. The summed E-state index contributed by atoms with van der Waals surface area (Å²) in [4.78, 5) is 24.5. The molecule has 1 fully saturated rings. The fourth-order valence-corrected chi connectivity index (χ4v) is 4.76. The summed E-state index contributed by atoms with van der Waals surface area (Å²) in [5, 5.41) is 0. The van der Waals surface area contributed by atoms with E-state index in [2.05, 4.69) is 11.1 Å². The molecule has 150 valence electrons. The van der Waals surface area contributed by atoms with E-state index in [9.17, 15) is 9.18 Å². The van der Waals surface area contributed by atoms with Gasteiger partial charge in [-0.15, -0.1) is 11.3 Å². The zero-order valence-corrected chi connectivity index (χ0v) is 17.5. The van der Waals surface area contributed by atoms with Crippen LogP contribution in [0, 0.1) is 19.7 Å². The molecule has 1 atom stereocenters. The maximum absolute atomic E-state index is 14.1. The molecule has 1 saturated heterocycles. The highest BCUT2D eigenvalue weighted by Gasteiger charge is 2.28. The number of aryl methyl sites for hydroxylation is 2. The molecular weight excluding hydrogens is 385 g/mol. The van der Waals surface area contributed by atoms with E-state index in [1.54, 1.807) is 11.6 Å². The van der Waals surface area contributed by atoms with Crippen LogP contribution in [0.1, 0.15) is 56.6 Å². The molecule has 2 aromatic heterocycles. The summed E-state index contributed by atoms with van der Waals surface area (Å²) >= 11 is 1.40. The number of rotatable bonds is 4. The van der Waals surface area contributed by atoms with E-state index >= 15 is 0 Å². The summed E-state index contributed by atoms with van der Waals surface area (Å²) in [7, 11) is 0. The van der Waals surface area contributed by atoms with Crippen LogP contribution in [0.4, 0.5) is 4.39 Å². The Morgan fingerprint density at radius 1 is 1.28 bits per heavy atom. The van der Waals surface area contributed by atoms with Gasteiger partial charge in [-0.2, -0.15) is 0 Å². The minimum atomic E-state index is -0.183. The minimum absolute atomic E-state index is 0.0638. The summed E-state index contributed by atoms with van der Waals surface area (Å²) in [5.74, 6) is 0.0759. The van der Waals surface area contributed by atoms with Gasteiger partial charge < -0.3 is 4.90 Å². The third-order valence-corrected chi connectivity index (χ3v) is 6.37. The van der Waals surface area contributed by atoms with Gasteiger partial charge in [0.15, 0.2) is 0 Å². The summed E-state index contributed by atoms with van der Waals surface area (Å²) in [6.45, 7) is 5.27.